The molecule has 318 valence electrons. The van der Waals surface area contributed by atoms with E-state index in [0.717, 1.165) is 100 Å². The molecule has 11 heteroatoms. The average Bonchev–Trinajstić information content (AvgIpc) is 4.23. The van der Waals surface area contributed by atoms with Crippen molar-refractivity contribution in [3.63, 3.8) is 0 Å². The van der Waals surface area contributed by atoms with Crippen molar-refractivity contribution in [2.75, 3.05) is 0 Å². The average molecular weight is 1050 g/mol. The Labute approximate surface area is 418 Å². The van der Waals surface area contributed by atoms with Crippen molar-refractivity contribution in [2.24, 2.45) is 0 Å². The van der Waals surface area contributed by atoms with Crippen molar-refractivity contribution in [3.05, 3.63) is 318 Å². The molecule has 0 saturated heterocycles. The fourth-order valence-electron chi connectivity index (χ4n) is 7.60. The molecule has 67 heavy (non-hydrogen) atoms. The van der Waals surface area contributed by atoms with Gasteiger partial charge in [-0.2, -0.15) is 0 Å². The molecule has 0 radical (unpaired) electrons. The number of carbonyl (C=O) groups excluding carboxylic acids is 2. The molecular formula is C56H36Br2N6O2Zn. The fourth-order valence-corrected chi connectivity index (χ4v) is 8.07. The zero-order valence-electron chi connectivity index (χ0n) is 35.7. The van der Waals surface area contributed by atoms with Crippen LogP contribution in [0.15, 0.2) is 215 Å². The monoisotopic (exact) mass is 1050 g/mol. The number of halogens is 2. The van der Waals surface area contributed by atoms with E-state index in [9.17, 15) is 9.59 Å². The van der Waals surface area contributed by atoms with Gasteiger partial charge in [0.15, 0.2) is 12.6 Å². The standard InChI is InChI=1S/C44H28N4.2C6H4BrNO.Zn/c1-5-13-29(14-6-1)41-33-21-23-35(45-33)42(30-15-7-2-8-16-30)37-25-27-39(47-37)44(32-19-11-4-12-20-32)40-28-26-38(48-40)43(31-17-9-3-10-18-31)36-24-22-34(41)46-36;2*7-5-1-2-6(4-9)8-3-5;/h1-28H;2*1-4H;. The first kappa shape index (κ1) is 46.2. The van der Waals surface area contributed by atoms with Gasteiger partial charge in [0.05, 0.1) is 22.3 Å². The predicted octanol–water partition coefficient (Wildman–Crippen LogP) is 11.2. The van der Waals surface area contributed by atoms with Crippen LogP contribution in [0, 0.1) is 23.7 Å². The molecule has 1 aliphatic rings. The number of hydrogen-bond acceptors (Lipinski definition) is 4. The molecular weight excluding hydrogens is 1010 g/mol. The summed E-state index contributed by atoms with van der Waals surface area (Å²) < 4.78 is 1.77. The van der Waals surface area contributed by atoms with Gasteiger partial charge in [0.25, 0.3) is 0 Å². The maximum atomic E-state index is 10.0. The van der Waals surface area contributed by atoms with Gasteiger partial charge < -0.3 is 19.9 Å². The SMILES string of the molecule is O=Cc1ccc(Br)cn1.O=Cc1ccc(Br)cn1.[Zn].c1ccc([C+]2c3ccc([n-]3)[C+](c3ccccc3)c3ccc([n-]3)[C+](c3ccccc3)c3ccc([n-]3)[C+](c3ccccc3)c3ccc2[n-]3)cc1. The van der Waals surface area contributed by atoms with Gasteiger partial charge in [-0.3, -0.25) is 19.6 Å². The van der Waals surface area contributed by atoms with Crippen LogP contribution in [0.1, 0.15) is 88.8 Å². The summed E-state index contributed by atoms with van der Waals surface area (Å²) in [5.74, 6) is 3.91. The van der Waals surface area contributed by atoms with E-state index in [1.807, 2.05) is 24.3 Å². The predicted molar refractivity (Wildman–Crippen MR) is 262 cm³/mol. The summed E-state index contributed by atoms with van der Waals surface area (Å²) in [4.78, 5) is 48.9. The van der Waals surface area contributed by atoms with Gasteiger partial charge in [0.1, 0.15) is 11.4 Å². The summed E-state index contributed by atoms with van der Waals surface area (Å²) >= 11 is 6.39. The number of aldehydes is 2. The molecule has 7 heterocycles. The Morgan fingerprint density at radius 2 is 0.552 bits per heavy atom. The molecule has 11 rings (SSSR count). The summed E-state index contributed by atoms with van der Waals surface area (Å²) in [7, 11) is 0. The van der Waals surface area contributed by atoms with Gasteiger partial charge in [-0.15, -0.1) is 0 Å². The molecule has 0 unspecified atom stereocenters. The minimum Gasteiger partial charge on any atom is -0.628 e. The Morgan fingerprint density at radius 1 is 0.328 bits per heavy atom. The van der Waals surface area contributed by atoms with Crippen LogP contribution in [0.25, 0.3) is 0 Å². The minimum absolute atomic E-state index is 0. The van der Waals surface area contributed by atoms with Crippen LogP contribution in [0.5, 0.6) is 0 Å². The van der Waals surface area contributed by atoms with Gasteiger partial charge in [-0.25, -0.2) is 0 Å². The van der Waals surface area contributed by atoms with Crippen molar-refractivity contribution in [1.82, 2.24) is 29.9 Å². The molecule has 8 bridgehead atoms. The van der Waals surface area contributed by atoms with Crippen LogP contribution in [-0.2, 0) is 19.5 Å². The summed E-state index contributed by atoms with van der Waals surface area (Å²) in [6.45, 7) is 0. The third-order valence-electron chi connectivity index (χ3n) is 10.6. The molecule has 0 aliphatic carbocycles. The summed E-state index contributed by atoms with van der Waals surface area (Å²) in [6.07, 6.45) is 4.60. The van der Waals surface area contributed by atoms with E-state index in [1.54, 1.807) is 36.7 Å². The summed E-state index contributed by atoms with van der Waals surface area (Å²) in [5, 5.41) is 0. The van der Waals surface area contributed by atoms with E-state index < -0.39 is 0 Å². The van der Waals surface area contributed by atoms with Crippen LogP contribution >= 0.6 is 31.9 Å². The van der Waals surface area contributed by atoms with Crippen LogP contribution in [-0.4, -0.2) is 22.5 Å². The number of pyridine rings is 2. The molecule has 0 amide bonds. The second kappa shape index (κ2) is 21.8. The first-order valence-corrected chi connectivity index (χ1v) is 22.4. The molecule has 1 aliphatic heterocycles. The van der Waals surface area contributed by atoms with Gasteiger partial charge in [0.2, 0.25) is 0 Å². The van der Waals surface area contributed by atoms with Crippen molar-refractivity contribution < 1.29 is 29.1 Å². The second-order valence-electron chi connectivity index (χ2n) is 14.9. The van der Waals surface area contributed by atoms with Crippen LogP contribution < -0.4 is 19.9 Å². The van der Waals surface area contributed by atoms with E-state index in [-0.39, 0.29) is 19.5 Å². The smallest absolute Gasteiger partial charge is 0.168 e. The molecule has 0 atom stereocenters. The quantitative estimate of drug-likeness (QED) is 0.0918. The molecule has 8 nitrogen and oxygen atoms in total. The zero-order valence-corrected chi connectivity index (χ0v) is 41.9. The van der Waals surface area contributed by atoms with E-state index in [1.165, 1.54) is 0 Å². The Balaban J connectivity index is 0.000000268. The van der Waals surface area contributed by atoms with E-state index >= 15 is 0 Å². The van der Waals surface area contributed by atoms with Crippen molar-refractivity contribution in [1.29, 1.82) is 0 Å². The number of hydrogen-bond donors (Lipinski definition) is 0. The Kier molecular flexibility index (Phi) is 15.0. The first-order chi connectivity index (χ1) is 32.4. The van der Waals surface area contributed by atoms with Crippen molar-refractivity contribution in [3.8, 4) is 0 Å². The molecule has 0 N–H and O–H groups in total. The van der Waals surface area contributed by atoms with Crippen molar-refractivity contribution >= 4 is 44.4 Å². The van der Waals surface area contributed by atoms with Gasteiger partial charge in [0, 0.05) is 162 Å². The van der Waals surface area contributed by atoms with Gasteiger partial charge in [-0.05, 0) is 174 Å². The van der Waals surface area contributed by atoms with Gasteiger partial charge >= 0.3 is 0 Å². The molecule has 10 aromatic rings. The number of aromatic nitrogens is 6. The van der Waals surface area contributed by atoms with E-state index in [2.05, 4.69) is 187 Å². The molecule has 4 aromatic carbocycles. The third kappa shape index (κ3) is 10.7. The normalized spacial score (nSPS) is 11.6. The van der Waals surface area contributed by atoms with Crippen LogP contribution in [0.2, 0.25) is 0 Å². The Hall–Kier alpha value is -7.30. The molecule has 6 aromatic heterocycles. The van der Waals surface area contributed by atoms with E-state index in [4.69, 9.17) is 19.9 Å². The van der Waals surface area contributed by atoms with Crippen LogP contribution in [0.4, 0.5) is 0 Å². The Bertz CT molecular complexity index is 2660. The fraction of sp³-hybridized carbons (Fsp3) is 0. The van der Waals surface area contributed by atoms with Crippen molar-refractivity contribution in [2.45, 2.75) is 0 Å². The molecule has 0 saturated carbocycles. The Morgan fingerprint density at radius 3 is 0.731 bits per heavy atom. The topological polar surface area (TPSA) is 116 Å². The second-order valence-corrected chi connectivity index (χ2v) is 16.7. The molecule has 0 spiro atoms. The zero-order chi connectivity index (χ0) is 45.2. The first-order valence-electron chi connectivity index (χ1n) is 20.9. The maximum Gasteiger partial charge on any atom is 0.168 e. The maximum absolute atomic E-state index is 10.0. The largest absolute Gasteiger partial charge is 0.628 e. The number of carbonyl (C=O) groups is 2. The van der Waals surface area contributed by atoms with Gasteiger partial charge in [-0.1, -0.05) is 0 Å². The number of rotatable bonds is 6. The summed E-state index contributed by atoms with van der Waals surface area (Å²) in [6, 6.07) is 65.3. The molecule has 0 fully saturated rings. The van der Waals surface area contributed by atoms with E-state index in [0.29, 0.717) is 24.0 Å². The summed E-state index contributed by atoms with van der Waals surface area (Å²) in [5.41, 5.74) is 12.0. The number of benzene rings is 4. The third-order valence-corrected chi connectivity index (χ3v) is 11.5. The number of fused-ring (bicyclic) bond motifs is 8. The minimum atomic E-state index is 0. The van der Waals surface area contributed by atoms with Crippen LogP contribution in [0.3, 0.4) is 0 Å². The number of nitrogens with zero attached hydrogens (tertiary/aromatic N) is 6.